The SMILES string of the molecule is CC(=O)C(=O)C1(C(=O)O)NCCS1. The fourth-order valence-electron chi connectivity index (χ4n) is 1.11. The second-order valence-corrected chi connectivity index (χ2v) is 3.96. The second kappa shape index (κ2) is 3.47. The van der Waals surface area contributed by atoms with E-state index in [2.05, 4.69) is 5.32 Å². The molecule has 0 aromatic rings. The summed E-state index contributed by atoms with van der Waals surface area (Å²) >= 11 is 0.953. The van der Waals surface area contributed by atoms with Crippen molar-refractivity contribution in [3.63, 3.8) is 0 Å². The lowest BCUT2D eigenvalue weighted by Crippen LogP contribution is -2.54. The summed E-state index contributed by atoms with van der Waals surface area (Å²) in [6.07, 6.45) is 0. The van der Waals surface area contributed by atoms with E-state index in [9.17, 15) is 14.4 Å². The molecule has 1 atom stereocenters. The number of hydrogen-bond donors (Lipinski definition) is 2. The number of carboxylic acids is 1. The normalized spacial score (nSPS) is 27.2. The van der Waals surface area contributed by atoms with Gasteiger partial charge in [0.15, 0.2) is 5.78 Å². The number of hydrogen-bond acceptors (Lipinski definition) is 5. The molecule has 1 aliphatic heterocycles. The maximum absolute atomic E-state index is 11.3. The lowest BCUT2D eigenvalue weighted by molar-refractivity contribution is -0.148. The number of rotatable bonds is 3. The Kier molecular flexibility index (Phi) is 2.72. The van der Waals surface area contributed by atoms with Crippen LogP contribution in [0.25, 0.3) is 0 Å². The van der Waals surface area contributed by atoms with Gasteiger partial charge in [-0.2, -0.15) is 0 Å². The second-order valence-electron chi connectivity index (χ2n) is 2.65. The number of carbonyl (C=O) groups is 3. The molecule has 6 heteroatoms. The largest absolute Gasteiger partial charge is 0.479 e. The Morgan fingerprint density at radius 2 is 2.08 bits per heavy atom. The van der Waals surface area contributed by atoms with Gasteiger partial charge in [-0.15, -0.1) is 11.8 Å². The number of thioether (sulfide) groups is 1. The average molecular weight is 203 g/mol. The van der Waals surface area contributed by atoms with Gasteiger partial charge in [-0.1, -0.05) is 0 Å². The maximum atomic E-state index is 11.3. The number of carbonyl (C=O) groups excluding carboxylic acids is 2. The first-order valence-electron chi connectivity index (χ1n) is 3.68. The zero-order chi connectivity index (χ0) is 10.1. The number of carboxylic acid groups (broad SMARTS) is 1. The molecule has 0 aromatic heterocycles. The molecular weight excluding hydrogens is 194 g/mol. The summed E-state index contributed by atoms with van der Waals surface area (Å²) in [6, 6.07) is 0. The summed E-state index contributed by atoms with van der Waals surface area (Å²) in [5.41, 5.74) is 0. The van der Waals surface area contributed by atoms with Crippen LogP contribution in [0.5, 0.6) is 0 Å². The molecule has 0 spiro atoms. The van der Waals surface area contributed by atoms with E-state index in [0.29, 0.717) is 12.3 Å². The van der Waals surface area contributed by atoms with Crippen LogP contribution in [0.4, 0.5) is 0 Å². The molecule has 0 saturated carbocycles. The third-order valence-electron chi connectivity index (χ3n) is 1.74. The van der Waals surface area contributed by atoms with Crippen LogP contribution >= 0.6 is 11.8 Å². The summed E-state index contributed by atoms with van der Waals surface area (Å²) in [5.74, 6) is -2.40. The maximum Gasteiger partial charge on any atom is 0.342 e. The Hall–Kier alpha value is -0.880. The molecule has 1 rings (SSSR count). The van der Waals surface area contributed by atoms with E-state index in [1.807, 2.05) is 0 Å². The highest BCUT2D eigenvalue weighted by Crippen LogP contribution is 2.28. The molecule has 0 bridgehead atoms. The van der Waals surface area contributed by atoms with Gasteiger partial charge in [0.2, 0.25) is 10.7 Å². The first-order chi connectivity index (χ1) is 6.00. The molecule has 1 heterocycles. The van der Waals surface area contributed by atoms with Crippen LogP contribution in [0.15, 0.2) is 0 Å². The Morgan fingerprint density at radius 1 is 1.46 bits per heavy atom. The van der Waals surface area contributed by atoms with E-state index < -0.39 is 22.4 Å². The van der Waals surface area contributed by atoms with Gasteiger partial charge in [-0.3, -0.25) is 14.9 Å². The number of ketones is 2. The fraction of sp³-hybridized carbons (Fsp3) is 0.571. The minimum absolute atomic E-state index is 0.427. The molecule has 2 N–H and O–H groups in total. The van der Waals surface area contributed by atoms with E-state index in [-0.39, 0.29) is 0 Å². The van der Waals surface area contributed by atoms with Crippen molar-refractivity contribution in [2.75, 3.05) is 12.3 Å². The van der Waals surface area contributed by atoms with Crippen LogP contribution in [0.2, 0.25) is 0 Å². The molecule has 13 heavy (non-hydrogen) atoms. The fourth-order valence-corrected chi connectivity index (χ4v) is 2.22. The van der Waals surface area contributed by atoms with Crippen molar-refractivity contribution in [2.24, 2.45) is 0 Å². The minimum atomic E-state index is -1.73. The van der Waals surface area contributed by atoms with Gasteiger partial charge in [0.25, 0.3) is 0 Å². The van der Waals surface area contributed by atoms with Crippen LogP contribution in [-0.2, 0) is 14.4 Å². The van der Waals surface area contributed by atoms with Crippen molar-refractivity contribution in [1.82, 2.24) is 5.32 Å². The van der Waals surface area contributed by atoms with Gasteiger partial charge in [0.1, 0.15) is 0 Å². The van der Waals surface area contributed by atoms with Crippen LogP contribution < -0.4 is 5.32 Å². The predicted molar refractivity (Wildman–Crippen MR) is 46.5 cm³/mol. The highest BCUT2D eigenvalue weighted by molar-refractivity contribution is 8.02. The van der Waals surface area contributed by atoms with Crippen molar-refractivity contribution in [3.05, 3.63) is 0 Å². The summed E-state index contributed by atoms with van der Waals surface area (Å²) in [7, 11) is 0. The quantitative estimate of drug-likeness (QED) is 0.464. The molecular formula is C7H9NO4S. The topological polar surface area (TPSA) is 83.5 Å². The molecule has 0 aliphatic carbocycles. The molecule has 1 fully saturated rings. The summed E-state index contributed by atoms with van der Waals surface area (Å²) in [6.45, 7) is 1.50. The molecule has 0 radical (unpaired) electrons. The smallest absolute Gasteiger partial charge is 0.342 e. The summed E-state index contributed by atoms with van der Waals surface area (Å²) < 4.78 is 0. The van der Waals surface area contributed by atoms with E-state index >= 15 is 0 Å². The monoisotopic (exact) mass is 203 g/mol. The highest BCUT2D eigenvalue weighted by Gasteiger charge is 2.50. The first kappa shape index (κ1) is 10.2. The molecule has 0 aromatic carbocycles. The highest BCUT2D eigenvalue weighted by atomic mass is 32.2. The minimum Gasteiger partial charge on any atom is -0.479 e. The third kappa shape index (κ3) is 1.59. The zero-order valence-corrected chi connectivity index (χ0v) is 7.81. The van der Waals surface area contributed by atoms with E-state index in [1.165, 1.54) is 0 Å². The molecule has 1 saturated heterocycles. The van der Waals surface area contributed by atoms with Crippen molar-refractivity contribution in [2.45, 2.75) is 11.8 Å². The van der Waals surface area contributed by atoms with Crippen LogP contribution in [0.1, 0.15) is 6.92 Å². The van der Waals surface area contributed by atoms with Gasteiger partial charge >= 0.3 is 5.97 Å². The standard InChI is InChI=1S/C7H9NO4S/c1-4(9)5(10)7(6(11)12)8-2-3-13-7/h8H,2-3H2,1H3,(H,11,12). The molecule has 1 aliphatic rings. The number of nitrogens with one attached hydrogen (secondary N) is 1. The average Bonchev–Trinajstić information content (AvgIpc) is 2.51. The van der Waals surface area contributed by atoms with Gasteiger partial charge in [-0.05, 0) is 0 Å². The molecule has 0 amide bonds. The lowest BCUT2D eigenvalue weighted by Gasteiger charge is -2.19. The zero-order valence-electron chi connectivity index (χ0n) is 6.99. The number of aliphatic carboxylic acids is 1. The Bertz CT molecular complexity index is 270. The van der Waals surface area contributed by atoms with Crippen molar-refractivity contribution in [3.8, 4) is 0 Å². The van der Waals surface area contributed by atoms with Crippen LogP contribution in [-0.4, -0.2) is 39.8 Å². The van der Waals surface area contributed by atoms with Crippen LogP contribution in [0, 0.1) is 0 Å². The summed E-state index contributed by atoms with van der Waals surface area (Å²) in [5, 5.41) is 11.4. The molecule has 1 unspecified atom stereocenters. The van der Waals surface area contributed by atoms with Crippen molar-refractivity contribution < 1.29 is 19.5 Å². The van der Waals surface area contributed by atoms with E-state index in [4.69, 9.17) is 5.11 Å². The summed E-state index contributed by atoms with van der Waals surface area (Å²) in [4.78, 5) is 31.2. The third-order valence-corrected chi connectivity index (χ3v) is 3.08. The first-order valence-corrected chi connectivity index (χ1v) is 4.67. The predicted octanol–water partition coefficient (Wildman–Crippen LogP) is -0.738. The van der Waals surface area contributed by atoms with Crippen molar-refractivity contribution >= 4 is 29.3 Å². The Labute approximate surface area is 78.9 Å². The van der Waals surface area contributed by atoms with Crippen molar-refractivity contribution in [1.29, 1.82) is 0 Å². The lowest BCUT2D eigenvalue weighted by atomic mass is 10.1. The Balaban J connectivity index is 2.98. The molecule has 72 valence electrons. The van der Waals surface area contributed by atoms with Gasteiger partial charge in [-0.25, -0.2) is 4.79 Å². The van der Waals surface area contributed by atoms with Gasteiger partial charge < -0.3 is 5.11 Å². The van der Waals surface area contributed by atoms with Crippen LogP contribution in [0.3, 0.4) is 0 Å². The Morgan fingerprint density at radius 3 is 2.38 bits per heavy atom. The molecule has 5 nitrogen and oxygen atoms in total. The van der Waals surface area contributed by atoms with E-state index in [1.54, 1.807) is 0 Å². The van der Waals surface area contributed by atoms with Gasteiger partial charge in [0.05, 0.1) is 0 Å². The van der Waals surface area contributed by atoms with Gasteiger partial charge in [0, 0.05) is 19.2 Å². The van der Waals surface area contributed by atoms with E-state index in [0.717, 1.165) is 18.7 Å². The number of Topliss-reactive ketones (excluding diaryl/α,β-unsaturated/α-hetero) is 2.